The second kappa shape index (κ2) is 7.68. The summed E-state index contributed by atoms with van der Waals surface area (Å²) in [7, 11) is 0. The number of hydrogen-bond acceptors (Lipinski definition) is 0. The highest BCUT2D eigenvalue weighted by molar-refractivity contribution is 5.08. The van der Waals surface area contributed by atoms with Crippen LogP contribution < -0.4 is 0 Å². The van der Waals surface area contributed by atoms with Gasteiger partial charge >= 0.3 is 0 Å². The third-order valence-corrected chi connectivity index (χ3v) is 10.7. The maximum atomic E-state index is 2.76. The van der Waals surface area contributed by atoms with Gasteiger partial charge in [0.05, 0.1) is 0 Å². The summed E-state index contributed by atoms with van der Waals surface area (Å²) in [6.45, 7) is 12.8. The average molecular weight is 373 g/mol. The van der Waals surface area contributed by atoms with E-state index >= 15 is 0 Å². The molecule has 8 atom stereocenters. The highest BCUT2D eigenvalue weighted by atomic mass is 14.6. The summed E-state index contributed by atoms with van der Waals surface area (Å²) in [5, 5.41) is 0. The van der Waals surface area contributed by atoms with Crippen molar-refractivity contribution in [1.29, 1.82) is 0 Å². The number of rotatable bonds is 5. The average Bonchev–Trinajstić information content (AvgIpc) is 2.98. The first-order chi connectivity index (χ1) is 12.8. The first-order valence-electron chi connectivity index (χ1n) is 12.8. The Hall–Kier alpha value is 0. The SMILES string of the molecule is CC(C)CCC[C@H](C)[C@H]1CC[C@@]2(C)[C@@H]1CC[C@H]1[C@@H]3CCCC[C@@]3(C)CC[C@@H]12. The van der Waals surface area contributed by atoms with E-state index in [-0.39, 0.29) is 0 Å². The van der Waals surface area contributed by atoms with Crippen molar-refractivity contribution in [3.05, 3.63) is 0 Å². The van der Waals surface area contributed by atoms with Gasteiger partial charge in [0, 0.05) is 0 Å². The first-order valence-corrected chi connectivity index (χ1v) is 12.8. The van der Waals surface area contributed by atoms with Crippen LogP contribution in [0.25, 0.3) is 0 Å². The van der Waals surface area contributed by atoms with Gasteiger partial charge in [-0.25, -0.2) is 0 Å². The lowest BCUT2D eigenvalue weighted by molar-refractivity contribution is -0.108. The van der Waals surface area contributed by atoms with E-state index in [1.54, 1.807) is 44.9 Å². The zero-order valence-corrected chi connectivity index (χ0v) is 19.2. The molecule has 4 rings (SSSR count). The minimum Gasteiger partial charge on any atom is -0.0628 e. The molecule has 0 bridgehead atoms. The molecule has 4 aliphatic rings. The molecule has 4 saturated carbocycles. The van der Waals surface area contributed by atoms with Gasteiger partial charge in [0.1, 0.15) is 0 Å². The molecular formula is C27H48. The summed E-state index contributed by atoms with van der Waals surface area (Å²) in [6.07, 6.45) is 19.9. The molecule has 0 amide bonds. The van der Waals surface area contributed by atoms with Gasteiger partial charge in [0.25, 0.3) is 0 Å². The molecule has 0 spiro atoms. The predicted molar refractivity (Wildman–Crippen MR) is 118 cm³/mol. The lowest BCUT2D eigenvalue weighted by Crippen LogP contribution is -2.52. The van der Waals surface area contributed by atoms with E-state index in [9.17, 15) is 0 Å². The van der Waals surface area contributed by atoms with Crippen LogP contribution in [0.2, 0.25) is 0 Å². The summed E-state index contributed by atoms with van der Waals surface area (Å²) >= 11 is 0. The third-order valence-electron chi connectivity index (χ3n) is 10.7. The van der Waals surface area contributed by atoms with Crippen LogP contribution in [0.1, 0.15) is 118 Å². The number of fused-ring (bicyclic) bond motifs is 5. The van der Waals surface area contributed by atoms with Crippen LogP contribution in [-0.2, 0) is 0 Å². The highest BCUT2D eigenvalue weighted by Crippen LogP contribution is 2.68. The topological polar surface area (TPSA) is 0 Å². The molecule has 0 nitrogen and oxygen atoms in total. The van der Waals surface area contributed by atoms with E-state index in [4.69, 9.17) is 0 Å². The van der Waals surface area contributed by atoms with Crippen LogP contribution in [0, 0.1) is 52.3 Å². The van der Waals surface area contributed by atoms with Gasteiger partial charge in [-0.1, -0.05) is 66.7 Å². The molecule has 4 aliphatic carbocycles. The van der Waals surface area contributed by atoms with Crippen molar-refractivity contribution in [2.75, 3.05) is 0 Å². The van der Waals surface area contributed by atoms with Crippen molar-refractivity contribution in [3.8, 4) is 0 Å². The lowest BCUT2D eigenvalue weighted by Gasteiger charge is -2.60. The first kappa shape index (κ1) is 20.3. The molecule has 0 aliphatic heterocycles. The minimum atomic E-state index is 0.693. The van der Waals surface area contributed by atoms with E-state index in [2.05, 4.69) is 34.6 Å². The molecule has 0 heteroatoms. The molecule has 0 unspecified atom stereocenters. The molecule has 4 fully saturated rings. The lowest BCUT2D eigenvalue weighted by atomic mass is 9.45. The largest absolute Gasteiger partial charge is 0.0628 e. The second-order valence-electron chi connectivity index (χ2n) is 12.5. The highest BCUT2D eigenvalue weighted by Gasteiger charge is 2.59. The zero-order chi connectivity index (χ0) is 19.2. The van der Waals surface area contributed by atoms with E-state index in [0.29, 0.717) is 10.8 Å². The predicted octanol–water partition coefficient (Wildman–Crippen LogP) is 8.50. The maximum Gasteiger partial charge on any atom is -0.0264 e. The molecule has 0 aromatic rings. The van der Waals surface area contributed by atoms with Crippen LogP contribution in [0.3, 0.4) is 0 Å². The molecule has 156 valence electrons. The Morgan fingerprint density at radius 2 is 1.56 bits per heavy atom. The molecule has 0 saturated heterocycles. The Labute approximate surface area is 170 Å². The van der Waals surface area contributed by atoms with Crippen molar-refractivity contribution in [2.24, 2.45) is 52.3 Å². The van der Waals surface area contributed by atoms with E-state index in [1.807, 2.05) is 0 Å². The van der Waals surface area contributed by atoms with Gasteiger partial charge in [-0.2, -0.15) is 0 Å². The zero-order valence-electron chi connectivity index (χ0n) is 19.2. The van der Waals surface area contributed by atoms with Crippen LogP contribution in [0.5, 0.6) is 0 Å². The molecule has 0 heterocycles. The second-order valence-corrected chi connectivity index (χ2v) is 12.5. The summed E-state index contributed by atoms with van der Waals surface area (Å²) in [5.41, 5.74) is 1.41. The van der Waals surface area contributed by atoms with Gasteiger partial charge in [-0.15, -0.1) is 0 Å². The third kappa shape index (κ3) is 3.54. The van der Waals surface area contributed by atoms with Crippen LogP contribution >= 0.6 is 0 Å². The van der Waals surface area contributed by atoms with Gasteiger partial charge in [0.15, 0.2) is 0 Å². The molecule has 0 radical (unpaired) electrons. The fraction of sp³-hybridized carbons (Fsp3) is 1.00. The van der Waals surface area contributed by atoms with Crippen molar-refractivity contribution < 1.29 is 0 Å². The summed E-state index contributed by atoms with van der Waals surface area (Å²) < 4.78 is 0. The summed E-state index contributed by atoms with van der Waals surface area (Å²) in [5.74, 6) is 7.18. The fourth-order valence-electron chi connectivity index (χ4n) is 9.14. The Morgan fingerprint density at radius 1 is 0.741 bits per heavy atom. The van der Waals surface area contributed by atoms with E-state index in [1.165, 1.54) is 38.5 Å². The quantitative estimate of drug-likeness (QED) is 0.453. The van der Waals surface area contributed by atoms with Crippen molar-refractivity contribution in [3.63, 3.8) is 0 Å². The van der Waals surface area contributed by atoms with Crippen LogP contribution in [-0.4, -0.2) is 0 Å². The van der Waals surface area contributed by atoms with E-state index < -0.39 is 0 Å². The normalized spacial score (nSPS) is 48.0. The van der Waals surface area contributed by atoms with Gasteiger partial charge in [-0.3, -0.25) is 0 Å². The van der Waals surface area contributed by atoms with Gasteiger partial charge in [-0.05, 0) is 104 Å². The Morgan fingerprint density at radius 3 is 2.33 bits per heavy atom. The molecule has 27 heavy (non-hydrogen) atoms. The maximum absolute atomic E-state index is 2.76. The minimum absolute atomic E-state index is 0.693. The molecule has 0 N–H and O–H groups in total. The van der Waals surface area contributed by atoms with Crippen LogP contribution in [0.4, 0.5) is 0 Å². The standard InChI is InChI=1S/C27H48/c1-19(2)9-8-10-20(3)21-14-18-27(5)24(21)13-12-22-23-11-6-7-16-26(23,4)17-15-25(22)27/h19-25H,6-18H2,1-5H3/t20-,21+,22-,23-,24+,25-,26-,27-/m0/s1. The Bertz CT molecular complexity index is 506. The van der Waals surface area contributed by atoms with Crippen molar-refractivity contribution in [2.45, 2.75) is 118 Å². The molecular weight excluding hydrogens is 324 g/mol. The van der Waals surface area contributed by atoms with Gasteiger partial charge in [0.2, 0.25) is 0 Å². The Kier molecular flexibility index (Phi) is 5.77. The monoisotopic (exact) mass is 372 g/mol. The molecule has 0 aromatic carbocycles. The Balaban J connectivity index is 1.45. The van der Waals surface area contributed by atoms with Crippen LogP contribution in [0.15, 0.2) is 0 Å². The molecule has 0 aromatic heterocycles. The van der Waals surface area contributed by atoms with Crippen molar-refractivity contribution in [1.82, 2.24) is 0 Å². The summed E-state index contributed by atoms with van der Waals surface area (Å²) in [4.78, 5) is 0. The smallest absolute Gasteiger partial charge is 0.0264 e. The van der Waals surface area contributed by atoms with E-state index in [0.717, 1.165) is 41.4 Å². The van der Waals surface area contributed by atoms with Gasteiger partial charge < -0.3 is 0 Å². The summed E-state index contributed by atoms with van der Waals surface area (Å²) in [6, 6.07) is 0. The van der Waals surface area contributed by atoms with Crippen molar-refractivity contribution >= 4 is 0 Å². The fourth-order valence-corrected chi connectivity index (χ4v) is 9.14. The number of hydrogen-bond donors (Lipinski definition) is 0.